The number of nitrogens with one attached hydrogen (secondary N) is 1. The van der Waals surface area contributed by atoms with Gasteiger partial charge in [-0.25, -0.2) is 4.39 Å². The molecule has 0 aliphatic heterocycles. The molecule has 1 heterocycles. The lowest BCUT2D eigenvalue weighted by atomic mass is 10.0. The molecule has 0 spiro atoms. The van der Waals surface area contributed by atoms with Gasteiger partial charge in [0.05, 0.1) is 5.69 Å². The minimum atomic E-state index is -0.174. The van der Waals surface area contributed by atoms with Gasteiger partial charge in [-0.05, 0) is 31.2 Å². The molecule has 96 valence electrons. The summed E-state index contributed by atoms with van der Waals surface area (Å²) >= 11 is 0. The van der Waals surface area contributed by atoms with Crippen LogP contribution in [0, 0.1) is 12.7 Å². The molecule has 0 amide bonds. The highest BCUT2D eigenvalue weighted by Gasteiger charge is 2.13. The first kappa shape index (κ1) is 12.7. The molecule has 2 rings (SSSR count). The average Bonchev–Trinajstić information content (AvgIpc) is 2.75. The molecule has 1 atom stereocenters. The number of rotatable bonds is 4. The molecule has 1 aromatic carbocycles. The summed E-state index contributed by atoms with van der Waals surface area (Å²) in [6.45, 7) is 1.76. The van der Waals surface area contributed by atoms with Crippen LogP contribution in [0.2, 0.25) is 0 Å². The van der Waals surface area contributed by atoms with E-state index < -0.39 is 0 Å². The maximum atomic E-state index is 13.6. The van der Waals surface area contributed by atoms with Crippen LogP contribution in [-0.4, -0.2) is 22.0 Å². The summed E-state index contributed by atoms with van der Waals surface area (Å²) in [6.07, 6.45) is 2.56. The predicted molar refractivity (Wildman–Crippen MR) is 67.6 cm³/mol. The van der Waals surface area contributed by atoms with E-state index in [1.165, 1.54) is 0 Å². The third-order valence-electron chi connectivity index (χ3n) is 3.01. The van der Waals surface area contributed by atoms with Crippen LogP contribution in [0.15, 0.2) is 24.4 Å². The van der Waals surface area contributed by atoms with Crippen LogP contribution in [0.1, 0.15) is 22.9 Å². The van der Waals surface area contributed by atoms with Crippen LogP contribution >= 0.6 is 0 Å². The molecule has 1 N–H and O–H groups in total. The molecule has 0 aliphatic carbocycles. The molecule has 1 unspecified atom stereocenters. The fourth-order valence-electron chi connectivity index (χ4n) is 1.91. The molecular weight excluding hydrogens is 231 g/mol. The van der Waals surface area contributed by atoms with E-state index in [4.69, 9.17) is 0 Å². The molecule has 2 aromatic rings. The second kappa shape index (κ2) is 5.27. The quantitative estimate of drug-likeness (QED) is 0.896. The fourth-order valence-corrected chi connectivity index (χ4v) is 1.91. The molecule has 0 fully saturated rings. The second-order valence-corrected chi connectivity index (χ2v) is 4.44. The maximum absolute atomic E-state index is 13.6. The Balaban J connectivity index is 2.19. The van der Waals surface area contributed by atoms with Crippen molar-refractivity contribution in [2.24, 2.45) is 7.05 Å². The highest BCUT2D eigenvalue weighted by Crippen LogP contribution is 2.19. The topological polar surface area (TPSA) is 42.7 Å². The van der Waals surface area contributed by atoms with Gasteiger partial charge in [-0.3, -0.25) is 4.68 Å². The molecule has 0 saturated heterocycles. The molecule has 1 aromatic heterocycles. The van der Waals surface area contributed by atoms with E-state index in [2.05, 4.69) is 15.6 Å². The lowest BCUT2D eigenvalue weighted by Crippen LogP contribution is -2.19. The van der Waals surface area contributed by atoms with Gasteiger partial charge in [0.25, 0.3) is 0 Å². The standard InChI is InChI=1S/C13H17FN4/c1-9-4-5-10(6-12(9)14)13(15-2)7-11-8-18(3)17-16-11/h4-6,8,13,15H,7H2,1-3H3. The van der Waals surface area contributed by atoms with E-state index in [0.29, 0.717) is 12.0 Å². The number of benzene rings is 1. The van der Waals surface area contributed by atoms with E-state index in [0.717, 1.165) is 11.3 Å². The predicted octanol–water partition coefficient (Wildman–Crippen LogP) is 1.77. The van der Waals surface area contributed by atoms with Gasteiger partial charge in [0.2, 0.25) is 0 Å². The normalized spacial score (nSPS) is 12.7. The molecule has 0 radical (unpaired) electrons. The van der Waals surface area contributed by atoms with E-state index in [9.17, 15) is 4.39 Å². The van der Waals surface area contributed by atoms with Gasteiger partial charge in [0, 0.05) is 25.7 Å². The van der Waals surface area contributed by atoms with E-state index in [1.54, 1.807) is 23.7 Å². The summed E-state index contributed by atoms with van der Waals surface area (Å²) in [5.74, 6) is -0.174. The highest BCUT2D eigenvalue weighted by molar-refractivity contribution is 5.26. The first-order valence-electron chi connectivity index (χ1n) is 5.88. The Morgan fingerprint density at radius 3 is 2.78 bits per heavy atom. The fraction of sp³-hybridized carbons (Fsp3) is 0.385. The number of halogens is 1. The summed E-state index contributed by atoms with van der Waals surface area (Å²) in [7, 11) is 3.69. The van der Waals surface area contributed by atoms with Gasteiger partial charge in [-0.1, -0.05) is 17.3 Å². The Morgan fingerprint density at radius 1 is 1.44 bits per heavy atom. The maximum Gasteiger partial charge on any atom is 0.126 e. The lowest BCUT2D eigenvalue weighted by molar-refractivity contribution is 0.568. The zero-order valence-electron chi connectivity index (χ0n) is 10.8. The average molecular weight is 248 g/mol. The van der Waals surface area contributed by atoms with Gasteiger partial charge in [0.1, 0.15) is 5.82 Å². The minimum absolute atomic E-state index is 0.0387. The Hall–Kier alpha value is -1.75. The number of aromatic nitrogens is 3. The van der Waals surface area contributed by atoms with E-state index in [1.807, 2.05) is 26.4 Å². The Bertz CT molecular complexity index is 536. The number of hydrogen-bond donors (Lipinski definition) is 1. The molecule has 0 bridgehead atoms. The van der Waals surface area contributed by atoms with Gasteiger partial charge < -0.3 is 5.32 Å². The third-order valence-corrected chi connectivity index (χ3v) is 3.01. The van der Waals surface area contributed by atoms with Gasteiger partial charge >= 0.3 is 0 Å². The SMILES string of the molecule is CNC(Cc1cn(C)nn1)c1ccc(C)c(F)c1. The van der Waals surface area contributed by atoms with E-state index >= 15 is 0 Å². The third kappa shape index (κ3) is 2.73. The number of likely N-dealkylation sites (N-methyl/N-ethyl adjacent to an activating group) is 1. The minimum Gasteiger partial charge on any atom is -0.313 e. The highest BCUT2D eigenvalue weighted by atomic mass is 19.1. The molecule has 18 heavy (non-hydrogen) atoms. The number of hydrogen-bond acceptors (Lipinski definition) is 3. The van der Waals surface area contributed by atoms with Gasteiger partial charge in [0.15, 0.2) is 0 Å². The Labute approximate surface area is 106 Å². The van der Waals surface area contributed by atoms with Crippen molar-refractivity contribution in [3.05, 3.63) is 47.0 Å². The van der Waals surface area contributed by atoms with Gasteiger partial charge in [-0.2, -0.15) is 0 Å². The Morgan fingerprint density at radius 2 is 2.22 bits per heavy atom. The number of aryl methyl sites for hydroxylation is 2. The molecule has 0 aliphatic rings. The first-order chi connectivity index (χ1) is 8.60. The zero-order chi connectivity index (χ0) is 13.1. The Kier molecular flexibility index (Phi) is 3.72. The molecular formula is C13H17FN4. The van der Waals surface area contributed by atoms with Crippen LogP contribution in [-0.2, 0) is 13.5 Å². The first-order valence-corrected chi connectivity index (χ1v) is 5.88. The van der Waals surface area contributed by atoms with Crippen LogP contribution in [0.4, 0.5) is 4.39 Å². The van der Waals surface area contributed by atoms with Crippen molar-refractivity contribution in [1.29, 1.82) is 0 Å². The van der Waals surface area contributed by atoms with Gasteiger partial charge in [-0.15, -0.1) is 5.10 Å². The van der Waals surface area contributed by atoms with Crippen LogP contribution in [0.3, 0.4) is 0 Å². The van der Waals surface area contributed by atoms with Crippen molar-refractivity contribution in [2.75, 3.05) is 7.05 Å². The molecule has 5 heteroatoms. The van der Waals surface area contributed by atoms with Crippen LogP contribution < -0.4 is 5.32 Å². The summed E-state index contributed by atoms with van der Waals surface area (Å²) in [5.41, 5.74) is 2.47. The summed E-state index contributed by atoms with van der Waals surface area (Å²) in [4.78, 5) is 0. The summed E-state index contributed by atoms with van der Waals surface area (Å²) < 4.78 is 15.2. The van der Waals surface area contributed by atoms with Crippen molar-refractivity contribution in [3.8, 4) is 0 Å². The summed E-state index contributed by atoms with van der Waals surface area (Å²) in [6, 6.07) is 5.35. The van der Waals surface area contributed by atoms with Crippen molar-refractivity contribution >= 4 is 0 Å². The number of nitrogens with zero attached hydrogens (tertiary/aromatic N) is 3. The van der Waals surface area contributed by atoms with Crippen LogP contribution in [0.5, 0.6) is 0 Å². The van der Waals surface area contributed by atoms with Crippen molar-refractivity contribution < 1.29 is 4.39 Å². The smallest absolute Gasteiger partial charge is 0.126 e. The van der Waals surface area contributed by atoms with Crippen molar-refractivity contribution in [2.45, 2.75) is 19.4 Å². The second-order valence-electron chi connectivity index (χ2n) is 4.44. The molecule has 4 nitrogen and oxygen atoms in total. The van der Waals surface area contributed by atoms with Crippen molar-refractivity contribution in [1.82, 2.24) is 20.3 Å². The molecule has 0 saturated carbocycles. The largest absolute Gasteiger partial charge is 0.313 e. The zero-order valence-corrected chi connectivity index (χ0v) is 10.8. The van der Waals surface area contributed by atoms with Crippen molar-refractivity contribution in [3.63, 3.8) is 0 Å². The monoisotopic (exact) mass is 248 g/mol. The van der Waals surface area contributed by atoms with E-state index in [-0.39, 0.29) is 11.9 Å². The lowest BCUT2D eigenvalue weighted by Gasteiger charge is -2.15. The van der Waals surface area contributed by atoms with Crippen LogP contribution in [0.25, 0.3) is 0 Å². The summed E-state index contributed by atoms with van der Waals surface area (Å²) in [5, 5.41) is 11.1.